The summed E-state index contributed by atoms with van der Waals surface area (Å²) in [6, 6.07) is 19.7. The third-order valence-electron chi connectivity index (χ3n) is 6.56. The third kappa shape index (κ3) is 5.00. The molecule has 3 aromatic carbocycles. The molecule has 4 aromatic rings. The number of fused-ring (bicyclic) bond motifs is 3. The highest BCUT2D eigenvalue weighted by atomic mass is 19.4. The molecule has 1 aliphatic heterocycles. The molecule has 0 fully saturated rings. The Bertz CT molecular complexity index is 1520. The van der Waals surface area contributed by atoms with Crippen LogP contribution in [0.2, 0.25) is 0 Å². The lowest BCUT2D eigenvalue weighted by atomic mass is 9.94. The highest BCUT2D eigenvalue weighted by Gasteiger charge is 2.44. The van der Waals surface area contributed by atoms with Crippen LogP contribution >= 0.6 is 0 Å². The van der Waals surface area contributed by atoms with Gasteiger partial charge in [-0.2, -0.15) is 13.2 Å². The number of esters is 1. The van der Waals surface area contributed by atoms with Gasteiger partial charge in [0.15, 0.2) is 17.3 Å². The van der Waals surface area contributed by atoms with Crippen LogP contribution in [0.4, 0.5) is 13.2 Å². The number of benzene rings is 3. The number of alkyl halides is 3. The van der Waals surface area contributed by atoms with Crippen LogP contribution in [-0.4, -0.2) is 41.6 Å². The molecule has 0 saturated carbocycles. The van der Waals surface area contributed by atoms with Crippen LogP contribution < -0.4 is 9.47 Å². The van der Waals surface area contributed by atoms with Crippen molar-refractivity contribution < 1.29 is 36.9 Å². The molecule has 0 spiro atoms. The van der Waals surface area contributed by atoms with Gasteiger partial charge in [0, 0.05) is 11.1 Å². The van der Waals surface area contributed by atoms with Gasteiger partial charge in [0.1, 0.15) is 12.2 Å². The molecule has 40 heavy (non-hydrogen) atoms. The summed E-state index contributed by atoms with van der Waals surface area (Å²) in [5, 5.41) is 7.33. The lowest BCUT2D eigenvalue weighted by Crippen LogP contribution is -2.18. The first-order valence-corrected chi connectivity index (χ1v) is 12.5. The molecule has 1 aliphatic rings. The number of carbonyl (C=O) groups is 1. The molecule has 0 radical (unpaired) electrons. The first-order chi connectivity index (χ1) is 19.3. The zero-order chi connectivity index (χ0) is 28.4. The van der Waals surface area contributed by atoms with E-state index in [1.807, 2.05) is 30.3 Å². The molecule has 0 N–H and O–H groups in total. The van der Waals surface area contributed by atoms with Crippen LogP contribution in [0.5, 0.6) is 11.5 Å². The number of hydrogen-bond donors (Lipinski definition) is 0. The summed E-state index contributed by atoms with van der Waals surface area (Å²) in [5.74, 6) is -1.30. The molecule has 0 saturated heterocycles. The molecular weight excluding hydrogens is 527 g/mol. The minimum absolute atomic E-state index is 0.0971. The van der Waals surface area contributed by atoms with E-state index in [0.29, 0.717) is 22.6 Å². The number of nitrogens with zero attached hydrogens (tertiary/aromatic N) is 3. The summed E-state index contributed by atoms with van der Waals surface area (Å²) in [5.41, 5.74) is 2.66. The quantitative estimate of drug-likeness (QED) is 0.256. The van der Waals surface area contributed by atoms with E-state index in [1.54, 1.807) is 43.3 Å². The van der Waals surface area contributed by atoms with Crippen LogP contribution in [0.15, 0.2) is 66.7 Å². The Balaban J connectivity index is 1.80. The first-order valence-electron chi connectivity index (χ1n) is 12.5. The molecule has 208 valence electrons. The van der Waals surface area contributed by atoms with Gasteiger partial charge in [-0.15, -0.1) is 10.2 Å². The predicted molar refractivity (Wildman–Crippen MR) is 138 cm³/mol. The monoisotopic (exact) mass is 553 g/mol. The van der Waals surface area contributed by atoms with Crippen LogP contribution in [0.3, 0.4) is 0 Å². The second-order valence-electron chi connectivity index (χ2n) is 8.95. The SMILES string of the molecule is CCOC(=O)C[C@H]1O[C@H](c2cccc(OC)c2OC)c2cc(-c3ccccc3)ccc2-n2c1nnc2C(F)(F)F. The summed E-state index contributed by atoms with van der Waals surface area (Å²) in [7, 11) is 2.95. The molecule has 2 atom stereocenters. The molecule has 1 aromatic heterocycles. The van der Waals surface area contributed by atoms with Crippen molar-refractivity contribution in [1.29, 1.82) is 0 Å². The average Bonchev–Trinajstić information content (AvgIpc) is 3.36. The maximum atomic E-state index is 14.2. The Morgan fingerprint density at radius 1 is 0.950 bits per heavy atom. The summed E-state index contributed by atoms with van der Waals surface area (Å²) >= 11 is 0. The Hall–Kier alpha value is -4.38. The van der Waals surface area contributed by atoms with Crippen molar-refractivity contribution in [2.45, 2.75) is 31.7 Å². The van der Waals surface area contributed by atoms with Crippen molar-refractivity contribution in [2.24, 2.45) is 0 Å². The Kier molecular flexibility index (Phi) is 7.49. The highest BCUT2D eigenvalue weighted by Crippen LogP contribution is 2.47. The molecule has 5 rings (SSSR count). The van der Waals surface area contributed by atoms with Crippen LogP contribution in [-0.2, 0) is 20.4 Å². The Labute approximate surface area is 228 Å². The Morgan fingerprint density at radius 2 is 1.73 bits per heavy atom. The highest BCUT2D eigenvalue weighted by molar-refractivity contribution is 5.71. The predicted octanol–water partition coefficient (Wildman–Crippen LogP) is 6.08. The molecule has 11 heteroatoms. The summed E-state index contributed by atoms with van der Waals surface area (Å²) < 4.78 is 66.4. The van der Waals surface area contributed by atoms with Crippen LogP contribution in [0.25, 0.3) is 16.8 Å². The van der Waals surface area contributed by atoms with Gasteiger partial charge < -0.3 is 18.9 Å². The maximum Gasteiger partial charge on any atom is 0.452 e. The number of para-hydroxylation sites is 1. The Morgan fingerprint density at radius 3 is 2.40 bits per heavy atom. The number of aromatic nitrogens is 3. The van der Waals surface area contributed by atoms with E-state index in [1.165, 1.54) is 14.2 Å². The van der Waals surface area contributed by atoms with Crippen molar-refractivity contribution in [3.05, 3.63) is 89.5 Å². The van der Waals surface area contributed by atoms with Gasteiger partial charge in [-0.1, -0.05) is 48.5 Å². The van der Waals surface area contributed by atoms with Gasteiger partial charge in [-0.3, -0.25) is 9.36 Å². The fraction of sp³-hybridized carbons (Fsp3) is 0.276. The van der Waals surface area contributed by atoms with E-state index < -0.39 is 30.2 Å². The van der Waals surface area contributed by atoms with Gasteiger partial charge in [-0.25, -0.2) is 0 Å². The van der Waals surface area contributed by atoms with E-state index in [-0.39, 0.29) is 24.5 Å². The fourth-order valence-electron chi connectivity index (χ4n) is 4.87. The van der Waals surface area contributed by atoms with Gasteiger partial charge in [0.25, 0.3) is 0 Å². The van der Waals surface area contributed by atoms with Gasteiger partial charge in [0.2, 0.25) is 5.82 Å². The van der Waals surface area contributed by atoms with Crippen molar-refractivity contribution in [1.82, 2.24) is 14.8 Å². The maximum absolute atomic E-state index is 14.2. The van der Waals surface area contributed by atoms with Gasteiger partial charge in [-0.05, 0) is 36.2 Å². The minimum Gasteiger partial charge on any atom is -0.493 e. The summed E-state index contributed by atoms with van der Waals surface area (Å²) in [6.45, 7) is 1.74. The van der Waals surface area contributed by atoms with E-state index >= 15 is 0 Å². The van der Waals surface area contributed by atoms with Gasteiger partial charge >= 0.3 is 12.1 Å². The van der Waals surface area contributed by atoms with Crippen molar-refractivity contribution >= 4 is 5.97 Å². The summed E-state index contributed by atoms with van der Waals surface area (Å²) in [6.07, 6.45) is -7.42. The zero-order valence-corrected chi connectivity index (χ0v) is 21.9. The van der Waals surface area contributed by atoms with E-state index in [0.717, 1.165) is 15.7 Å². The van der Waals surface area contributed by atoms with Crippen molar-refractivity contribution in [3.8, 4) is 28.3 Å². The number of methoxy groups -OCH3 is 2. The lowest BCUT2D eigenvalue weighted by Gasteiger charge is -2.25. The van der Waals surface area contributed by atoms with E-state index in [2.05, 4.69) is 10.2 Å². The molecule has 8 nitrogen and oxygen atoms in total. The number of halogens is 3. The number of carbonyl (C=O) groups excluding carboxylic acids is 1. The lowest BCUT2D eigenvalue weighted by molar-refractivity contribution is -0.147. The average molecular weight is 554 g/mol. The molecule has 0 unspecified atom stereocenters. The number of ether oxygens (including phenoxy) is 4. The second kappa shape index (κ2) is 11.0. The molecular formula is C29H26F3N3O5. The van der Waals surface area contributed by atoms with Crippen molar-refractivity contribution in [3.63, 3.8) is 0 Å². The zero-order valence-electron chi connectivity index (χ0n) is 21.9. The van der Waals surface area contributed by atoms with E-state index in [4.69, 9.17) is 18.9 Å². The fourth-order valence-corrected chi connectivity index (χ4v) is 4.87. The minimum atomic E-state index is -4.83. The number of hydrogen-bond acceptors (Lipinski definition) is 7. The molecule has 0 bridgehead atoms. The first kappa shape index (κ1) is 27.2. The van der Waals surface area contributed by atoms with Crippen LogP contribution in [0, 0.1) is 0 Å². The normalized spacial score (nSPS) is 16.4. The molecule has 2 heterocycles. The summed E-state index contributed by atoms with van der Waals surface area (Å²) in [4.78, 5) is 12.6. The largest absolute Gasteiger partial charge is 0.493 e. The van der Waals surface area contributed by atoms with Crippen LogP contribution in [0.1, 0.15) is 48.3 Å². The topological polar surface area (TPSA) is 84.7 Å². The smallest absolute Gasteiger partial charge is 0.452 e. The standard InChI is InChI=1S/C29H26F3N3O5/c1-4-39-24(36)16-23-27-33-34-28(29(30,31)32)35(27)21-14-13-18(17-9-6-5-7-10-17)15-20(21)25(40-23)19-11-8-12-22(37-2)26(19)38-3/h5-15,23,25H,4,16H2,1-3H3/t23-,25-/m1/s1. The second-order valence-corrected chi connectivity index (χ2v) is 8.95. The molecule has 0 aliphatic carbocycles. The van der Waals surface area contributed by atoms with Gasteiger partial charge in [0.05, 0.1) is 32.9 Å². The van der Waals surface area contributed by atoms with Crippen molar-refractivity contribution in [2.75, 3.05) is 20.8 Å². The van der Waals surface area contributed by atoms with E-state index in [9.17, 15) is 18.0 Å². The third-order valence-corrected chi connectivity index (χ3v) is 6.56. The number of rotatable bonds is 7. The molecule has 0 amide bonds.